The van der Waals surface area contributed by atoms with E-state index in [1.165, 1.54) is 4.90 Å². The zero-order valence-corrected chi connectivity index (χ0v) is 13.9. The van der Waals surface area contributed by atoms with Crippen LogP contribution in [-0.4, -0.2) is 59.4 Å². The maximum Gasteiger partial charge on any atom is 0.330 e. The first-order chi connectivity index (χ1) is 11.1. The molecule has 1 aliphatic carbocycles. The fourth-order valence-corrected chi connectivity index (χ4v) is 3.06. The standard InChI is InChI=1S/C16H21N3O5/c1-5-6-18-7-10(20)19(15(18)23)8-24-14(22)12-11(16(12,3)4)13(21)9(2)17/h1,9,11-12H,6-8,17H2,2-4H3/t9-,11?,12?/m0/s1. The highest BCUT2D eigenvalue weighted by Gasteiger charge is 2.66. The highest BCUT2D eigenvalue weighted by Crippen LogP contribution is 2.59. The second-order valence-electron chi connectivity index (χ2n) is 6.72. The summed E-state index contributed by atoms with van der Waals surface area (Å²) in [5.74, 6) is -0.143. The van der Waals surface area contributed by atoms with Gasteiger partial charge in [-0.15, -0.1) is 6.42 Å². The Morgan fingerprint density at radius 1 is 1.42 bits per heavy atom. The Morgan fingerprint density at radius 3 is 2.58 bits per heavy atom. The average Bonchev–Trinajstić information content (AvgIpc) is 2.97. The Labute approximate surface area is 140 Å². The number of Topliss-reactive ketones (excluding diaryl/α,β-unsaturated/α-hetero) is 1. The molecule has 0 aromatic rings. The summed E-state index contributed by atoms with van der Waals surface area (Å²) in [6, 6.07) is -1.25. The lowest BCUT2D eigenvalue weighted by Crippen LogP contribution is -2.36. The molecule has 2 N–H and O–H groups in total. The highest BCUT2D eigenvalue weighted by atomic mass is 16.5. The third-order valence-corrected chi connectivity index (χ3v) is 4.58. The van der Waals surface area contributed by atoms with Crippen molar-refractivity contribution in [1.29, 1.82) is 0 Å². The molecule has 0 bridgehead atoms. The summed E-state index contributed by atoms with van der Waals surface area (Å²) in [6.07, 6.45) is 5.13. The molecule has 24 heavy (non-hydrogen) atoms. The van der Waals surface area contributed by atoms with Crippen LogP contribution in [0.1, 0.15) is 20.8 Å². The SMILES string of the molecule is C#CCN1CC(=O)N(COC(=O)C2C(C(=O)[C@H](C)N)C2(C)C)C1=O. The molecule has 0 aromatic heterocycles. The van der Waals surface area contributed by atoms with E-state index in [4.69, 9.17) is 16.9 Å². The van der Waals surface area contributed by atoms with Gasteiger partial charge >= 0.3 is 12.0 Å². The molecule has 1 saturated carbocycles. The van der Waals surface area contributed by atoms with Crippen molar-refractivity contribution < 1.29 is 23.9 Å². The molecular formula is C16H21N3O5. The Balaban J connectivity index is 1.95. The smallest absolute Gasteiger partial charge is 0.330 e. The number of carbonyl (C=O) groups excluding carboxylic acids is 4. The van der Waals surface area contributed by atoms with Gasteiger partial charge in [-0.25, -0.2) is 9.69 Å². The third kappa shape index (κ3) is 2.99. The number of carbonyl (C=O) groups is 4. The molecule has 2 fully saturated rings. The Bertz CT molecular complexity index is 634. The van der Waals surface area contributed by atoms with Crippen LogP contribution in [0, 0.1) is 29.6 Å². The van der Waals surface area contributed by atoms with Crippen LogP contribution >= 0.6 is 0 Å². The predicted octanol–water partition coefficient (Wildman–Crippen LogP) is -0.427. The van der Waals surface area contributed by atoms with Crippen LogP contribution in [0.2, 0.25) is 0 Å². The lowest BCUT2D eigenvalue weighted by atomic mass is 10.0. The first-order valence-electron chi connectivity index (χ1n) is 7.61. The van der Waals surface area contributed by atoms with E-state index in [-0.39, 0.29) is 18.9 Å². The fraction of sp³-hybridized carbons (Fsp3) is 0.625. The van der Waals surface area contributed by atoms with Crippen molar-refractivity contribution in [2.75, 3.05) is 19.8 Å². The largest absolute Gasteiger partial charge is 0.443 e. The van der Waals surface area contributed by atoms with Crippen molar-refractivity contribution in [2.45, 2.75) is 26.8 Å². The van der Waals surface area contributed by atoms with Crippen molar-refractivity contribution in [3.8, 4) is 12.3 Å². The molecule has 3 atom stereocenters. The summed E-state index contributed by atoms with van der Waals surface area (Å²) < 4.78 is 5.09. The van der Waals surface area contributed by atoms with Crippen LogP contribution in [0.25, 0.3) is 0 Å². The first-order valence-corrected chi connectivity index (χ1v) is 7.61. The molecule has 3 amide bonds. The average molecular weight is 335 g/mol. The molecule has 8 heteroatoms. The van der Waals surface area contributed by atoms with Gasteiger partial charge in [0.05, 0.1) is 18.5 Å². The zero-order valence-electron chi connectivity index (χ0n) is 13.9. The van der Waals surface area contributed by atoms with E-state index >= 15 is 0 Å². The van der Waals surface area contributed by atoms with Gasteiger partial charge < -0.3 is 15.4 Å². The number of ether oxygens (including phenoxy) is 1. The topological polar surface area (TPSA) is 110 Å². The number of imide groups is 1. The number of rotatable bonds is 6. The molecular weight excluding hydrogens is 314 g/mol. The second-order valence-corrected chi connectivity index (χ2v) is 6.72. The number of ketones is 1. The molecule has 8 nitrogen and oxygen atoms in total. The maximum atomic E-state index is 12.2. The zero-order chi connectivity index (χ0) is 18.2. The van der Waals surface area contributed by atoms with E-state index in [9.17, 15) is 19.2 Å². The summed E-state index contributed by atoms with van der Waals surface area (Å²) in [7, 11) is 0. The van der Waals surface area contributed by atoms with Crippen molar-refractivity contribution in [3.63, 3.8) is 0 Å². The van der Waals surface area contributed by atoms with Gasteiger partial charge in [-0.05, 0) is 12.3 Å². The van der Waals surface area contributed by atoms with E-state index in [1.807, 2.05) is 0 Å². The fourth-order valence-electron chi connectivity index (χ4n) is 3.06. The molecule has 1 saturated heterocycles. The van der Waals surface area contributed by atoms with Gasteiger partial charge in [0.15, 0.2) is 12.5 Å². The van der Waals surface area contributed by atoms with Crippen molar-refractivity contribution >= 4 is 23.7 Å². The summed E-state index contributed by atoms with van der Waals surface area (Å²) in [5, 5.41) is 0. The highest BCUT2D eigenvalue weighted by molar-refractivity contribution is 6.02. The molecule has 130 valence electrons. The van der Waals surface area contributed by atoms with Gasteiger partial charge in [-0.1, -0.05) is 19.8 Å². The van der Waals surface area contributed by atoms with Gasteiger partial charge in [-0.3, -0.25) is 14.4 Å². The summed E-state index contributed by atoms with van der Waals surface area (Å²) in [4.78, 5) is 50.0. The van der Waals surface area contributed by atoms with E-state index in [0.717, 1.165) is 4.90 Å². The van der Waals surface area contributed by atoms with Crippen molar-refractivity contribution in [3.05, 3.63) is 0 Å². The maximum absolute atomic E-state index is 12.2. The first kappa shape index (κ1) is 17.9. The molecule has 2 aliphatic rings. The van der Waals surface area contributed by atoms with Gasteiger partial charge in [0, 0.05) is 5.92 Å². The second kappa shape index (κ2) is 6.24. The van der Waals surface area contributed by atoms with Crippen LogP contribution in [0.15, 0.2) is 0 Å². The van der Waals surface area contributed by atoms with Crippen LogP contribution in [0.3, 0.4) is 0 Å². The number of terminal acetylenes is 1. The lowest BCUT2D eigenvalue weighted by molar-refractivity contribution is -0.152. The minimum Gasteiger partial charge on any atom is -0.443 e. The van der Waals surface area contributed by atoms with Crippen molar-refractivity contribution in [2.24, 2.45) is 23.0 Å². The van der Waals surface area contributed by atoms with E-state index < -0.39 is 47.9 Å². The summed E-state index contributed by atoms with van der Waals surface area (Å²) in [5.41, 5.74) is 5.05. The number of hydrogen-bond acceptors (Lipinski definition) is 6. The predicted molar refractivity (Wildman–Crippen MR) is 83.0 cm³/mol. The molecule has 1 heterocycles. The van der Waals surface area contributed by atoms with Crippen molar-refractivity contribution in [1.82, 2.24) is 9.80 Å². The number of esters is 1. The van der Waals surface area contributed by atoms with Gasteiger partial charge in [-0.2, -0.15) is 0 Å². The monoisotopic (exact) mass is 335 g/mol. The van der Waals surface area contributed by atoms with E-state index in [1.54, 1.807) is 20.8 Å². The quantitative estimate of drug-likeness (QED) is 0.401. The van der Waals surface area contributed by atoms with Crippen LogP contribution in [0.5, 0.6) is 0 Å². The Morgan fingerprint density at radius 2 is 2.04 bits per heavy atom. The van der Waals surface area contributed by atoms with Gasteiger partial charge in [0.1, 0.15) is 6.54 Å². The van der Waals surface area contributed by atoms with Gasteiger partial charge in [0.2, 0.25) is 0 Å². The van der Waals surface area contributed by atoms with E-state index in [2.05, 4.69) is 5.92 Å². The molecule has 2 rings (SSSR count). The minimum atomic E-state index is -0.661. The van der Waals surface area contributed by atoms with Crippen LogP contribution in [-0.2, 0) is 19.1 Å². The summed E-state index contributed by atoms with van der Waals surface area (Å²) >= 11 is 0. The lowest BCUT2D eigenvalue weighted by Gasteiger charge is -2.15. The number of nitrogens with two attached hydrogens (primary N) is 1. The third-order valence-electron chi connectivity index (χ3n) is 4.58. The minimum absolute atomic E-state index is 0.00956. The van der Waals surface area contributed by atoms with Gasteiger partial charge in [0.25, 0.3) is 5.91 Å². The molecule has 0 aromatic carbocycles. The molecule has 1 aliphatic heterocycles. The Hall–Kier alpha value is -2.40. The number of nitrogens with zero attached hydrogens (tertiary/aromatic N) is 2. The summed E-state index contributed by atoms with van der Waals surface area (Å²) in [6.45, 7) is 4.52. The Kier molecular flexibility index (Phi) is 4.67. The number of amides is 3. The number of hydrogen-bond donors (Lipinski definition) is 1. The van der Waals surface area contributed by atoms with Crippen LogP contribution < -0.4 is 5.73 Å². The molecule has 2 unspecified atom stereocenters. The number of urea groups is 1. The van der Waals surface area contributed by atoms with E-state index in [0.29, 0.717) is 0 Å². The molecule has 0 radical (unpaired) electrons. The normalized spacial score (nSPS) is 26.1. The van der Waals surface area contributed by atoms with Crippen LogP contribution in [0.4, 0.5) is 4.79 Å². The molecule has 0 spiro atoms.